The molecule has 0 bridgehead atoms. The van der Waals surface area contributed by atoms with Crippen LogP contribution >= 0.6 is 15.9 Å². The Morgan fingerprint density at radius 2 is 2.00 bits per heavy atom. The lowest BCUT2D eigenvalue weighted by atomic mass is 10.1. The van der Waals surface area contributed by atoms with E-state index in [9.17, 15) is 14.7 Å². The van der Waals surface area contributed by atoms with Gasteiger partial charge in [-0.05, 0) is 48.9 Å². The van der Waals surface area contributed by atoms with Gasteiger partial charge in [-0.1, -0.05) is 28.1 Å². The van der Waals surface area contributed by atoms with Crippen molar-refractivity contribution in [1.82, 2.24) is 9.55 Å². The van der Waals surface area contributed by atoms with Crippen LogP contribution in [0.1, 0.15) is 16.7 Å². The molecule has 1 aliphatic rings. The number of nitrogens with one attached hydrogen (secondary N) is 1. The van der Waals surface area contributed by atoms with Crippen LogP contribution in [0.5, 0.6) is 5.88 Å². The smallest absolute Gasteiger partial charge is 0.335 e. The zero-order valence-corrected chi connectivity index (χ0v) is 15.8. The Bertz CT molecular complexity index is 1250. The number of aliphatic imine (C=N–C) groups is 1. The van der Waals surface area contributed by atoms with Gasteiger partial charge in [0.2, 0.25) is 5.88 Å². The average molecular weight is 424 g/mol. The van der Waals surface area contributed by atoms with Crippen LogP contribution in [0.4, 0.5) is 5.69 Å². The van der Waals surface area contributed by atoms with Crippen molar-refractivity contribution in [1.29, 1.82) is 0 Å². The summed E-state index contributed by atoms with van der Waals surface area (Å²) >= 11 is 3.42. The van der Waals surface area contributed by atoms with Gasteiger partial charge in [-0.2, -0.15) is 0 Å². The SMILES string of the molecule is Cc1cccc(-n2c(O)c(C=C3C=Nc4ccc(Br)cc43)c(=O)[nH]c2=O)c1. The molecule has 2 heterocycles. The summed E-state index contributed by atoms with van der Waals surface area (Å²) in [6.07, 6.45) is 3.15. The molecule has 1 aromatic heterocycles. The number of halogens is 1. The van der Waals surface area contributed by atoms with Crippen LogP contribution < -0.4 is 11.2 Å². The topological polar surface area (TPSA) is 87.4 Å². The van der Waals surface area contributed by atoms with Crippen molar-refractivity contribution >= 4 is 39.5 Å². The highest BCUT2D eigenvalue weighted by atomic mass is 79.9. The Morgan fingerprint density at radius 3 is 2.78 bits per heavy atom. The molecule has 6 nitrogen and oxygen atoms in total. The molecule has 0 aliphatic carbocycles. The summed E-state index contributed by atoms with van der Waals surface area (Å²) in [5.41, 5.74) is 2.29. The third-order valence-electron chi connectivity index (χ3n) is 4.29. The highest BCUT2D eigenvalue weighted by Crippen LogP contribution is 2.35. The molecule has 0 saturated heterocycles. The fourth-order valence-corrected chi connectivity index (χ4v) is 3.37. The summed E-state index contributed by atoms with van der Waals surface area (Å²) in [6, 6.07) is 12.7. The van der Waals surface area contributed by atoms with E-state index in [1.54, 1.807) is 24.4 Å². The van der Waals surface area contributed by atoms with E-state index in [0.717, 1.165) is 25.9 Å². The first kappa shape index (κ1) is 17.2. The Labute approximate surface area is 162 Å². The standard InChI is InChI=1S/C20H14BrN3O3/c1-11-3-2-4-14(7-11)24-19(26)16(18(25)23-20(24)27)8-12-10-22-17-6-5-13(21)9-15(12)17/h2-10,26H,1H3,(H,23,25,27). The van der Waals surface area contributed by atoms with Gasteiger partial charge in [0, 0.05) is 21.8 Å². The molecule has 0 saturated carbocycles. The van der Waals surface area contributed by atoms with Gasteiger partial charge in [-0.25, -0.2) is 9.36 Å². The van der Waals surface area contributed by atoms with Crippen molar-refractivity contribution in [3.05, 3.63) is 84.5 Å². The van der Waals surface area contributed by atoms with Crippen molar-refractivity contribution in [3.63, 3.8) is 0 Å². The van der Waals surface area contributed by atoms with E-state index in [-0.39, 0.29) is 5.56 Å². The van der Waals surface area contributed by atoms with Crippen molar-refractivity contribution < 1.29 is 5.11 Å². The lowest BCUT2D eigenvalue weighted by Gasteiger charge is -2.11. The molecular formula is C20H14BrN3O3. The van der Waals surface area contributed by atoms with E-state index >= 15 is 0 Å². The highest BCUT2D eigenvalue weighted by molar-refractivity contribution is 9.10. The van der Waals surface area contributed by atoms with E-state index in [2.05, 4.69) is 25.9 Å². The number of rotatable bonds is 2. The molecule has 0 radical (unpaired) electrons. The third-order valence-corrected chi connectivity index (χ3v) is 4.79. The zero-order valence-electron chi connectivity index (χ0n) is 14.2. The largest absolute Gasteiger partial charge is 0.494 e. The van der Waals surface area contributed by atoms with Crippen LogP contribution in [0.15, 0.2) is 61.5 Å². The molecule has 1 aliphatic heterocycles. The molecule has 27 heavy (non-hydrogen) atoms. The summed E-state index contributed by atoms with van der Waals surface area (Å²) < 4.78 is 1.95. The molecule has 134 valence electrons. The van der Waals surface area contributed by atoms with Crippen LogP contribution in [0.25, 0.3) is 17.3 Å². The van der Waals surface area contributed by atoms with E-state index in [0.29, 0.717) is 11.3 Å². The van der Waals surface area contributed by atoms with Crippen LogP contribution in [-0.4, -0.2) is 20.9 Å². The summed E-state index contributed by atoms with van der Waals surface area (Å²) in [5, 5.41) is 10.7. The number of aromatic hydroxyl groups is 1. The van der Waals surface area contributed by atoms with Gasteiger partial charge in [0.1, 0.15) is 5.56 Å². The zero-order chi connectivity index (χ0) is 19.1. The van der Waals surface area contributed by atoms with Crippen molar-refractivity contribution in [2.45, 2.75) is 6.92 Å². The number of hydrogen-bond acceptors (Lipinski definition) is 4. The van der Waals surface area contributed by atoms with Crippen LogP contribution in [-0.2, 0) is 0 Å². The molecule has 2 aromatic carbocycles. The van der Waals surface area contributed by atoms with Gasteiger partial charge >= 0.3 is 5.69 Å². The predicted molar refractivity (Wildman–Crippen MR) is 109 cm³/mol. The van der Waals surface area contributed by atoms with Crippen LogP contribution in [0.3, 0.4) is 0 Å². The first-order chi connectivity index (χ1) is 12.9. The lowest BCUT2D eigenvalue weighted by molar-refractivity contribution is 0.429. The summed E-state index contributed by atoms with van der Waals surface area (Å²) in [7, 11) is 0. The Balaban J connectivity index is 1.93. The fraction of sp³-hybridized carbons (Fsp3) is 0.0500. The lowest BCUT2D eigenvalue weighted by Crippen LogP contribution is -2.30. The summed E-state index contributed by atoms with van der Waals surface area (Å²) in [6.45, 7) is 1.88. The number of nitrogens with zero attached hydrogens (tertiary/aromatic N) is 2. The maximum atomic E-state index is 12.4. The van der Waals surface area contributed by atoms with Gasteiger partial charge in [-0.3, -0.25) is 14.8 Å². The number of allylic oxidation sites excluding steroid dienone is 1. The third kappa shape index (κ3) is 3.06. The van der Waals surface area contributed by atoms with Crippen LogP contribution in [0, 0.1) is 6.92 Å². The number of H-pyrrole nitrogens is 1. The second-order valence-electron chi connectivity index (χ2n) is 6.19. The van der Waals surface area contributed by atoms with Crippen molar-refractivity contribution in [2.24, 2.45) is 4.99 Å². The van der Waals surface area contributed by atoms with Gasteiger partial charge in [0.05, 0.1) is 11.4 Å². The highest BCUT2D eigenvalue weighted by Gasteiger charge is 2.18. The second kappa shape index (κ2) is 6.51. The first-order valence-electron chi connectivity index (χ1n) is 8.15. The second-order valence-corrected chi connectivity index (χ2v) is 7.11. The molecule has 3 aromatic rings. The van der Waals surface area contributed by atoms with Gasteiger partial charge in [0.15, 0.2) is 0 Å². The molecule has 0 fully saturated rings. The maximum absolute atomic E-state index is 12.4. The number of aryl methyl sites for hydroxylation is 1. The molecular weight excluding hydrogens is 410 g/mol. The van der Waals surface area contributed by atoms with E-state index in [1.165, 1.54) is 6.08 Å². The van der Waals surface area contributed by atoms with Crippen molar-refractivity contribution in [2.75, 3.05) is 0 Å². The molecule has 0 atom stereocenters. The summed E-state index contributed by atoms with van der Waals surface area (Å²) in [4.78, 5) is 31.2. The molecule has 7 heteroatoms. The van der Waals surface area contributed by atoms with E-state index in [4.69, 9.17) is 0 Å². The van der Waals surface area contributed by atoms with Gasteiger partial charge < -0.3 is 5.11 Å². The van der Waals surface area contributed by atoms with Crippen molar-refractivity contribution in [3.8, 4) is 11.6 Å². The number of benzene rings is 2. The van der Waals surface area contributed by atoms with Gasteiger partial charge in [-0.15, -0.1) is 0 Å². The minimum atomic E-state index is -0.700. The predicted octanol–water partition coefficient (Wildman–Crippen LogP) is 3.56. The molecule has 4 rings (SSSR count). The average Bonchev–Trinajstić information content (AvgIpc) is 3.00. The Kier molecular flexibility index (Phi) is 4.16. The monoisotopic (exact) mass is 423 g/mol. The number of fused-ring (bicyclic) bond motifs is 1. The van der Waals surface area contributed by atoms with E-state index in [1.807, 2.05) is 31.2 Å². The quantitative estimate of drug-likeness (QED) is 0.660. The number of aromatic amines is 1. The molecule has 0 amide bonds. The minimum absolute atomic E-state index is 0.00891. The number of aromatic nitrogens is 2. The Morgan fingerprint density at radius 1 is 1.19 bits per heavy atom. The maximum Gasteiger partial charge on any atom is 0.335 e. The minimum Gasteiger partial charge on any atom is -0.494 e. The molecule has 0 spiro atoms. The van der Waals surface area contributed by atoms with Gasteiger partial charge in [0.25, 0.3) is 5.56 Å². The summed E-state index contributed by atoms with van der Waals surface area (Å²) in [5.74, 6) is -0.418. The molecule has 2 N–H and O–H groups in total. The number of hydrogen-bond donors (Lipinski definition) is 2. The fourth-order valence-electron chi connectivity index (χ4n) is 3.01. The Hall–Kier alpha value is -3.19. The van der Waals surface area contributed by atoms with E-state index < -0.39 is 17.1 Å². The van der Waals surface area contributed by atoms with Crippen LogP contribution in [0.2, 0.25) is 0 Å². The first-order valence-corrected chi connectivity index (χ1v) is 8.94. The normalized spacial score (nSPS) is 13.9. The molecule has 0 unspecified atom stereocenters.